The number of carbonyl (C=O) groups is 1. The highest BCUT2D eigenvalue weighted by atomic mass is 16.4. The van der Waals surface area contributed by atoms with Gasteiger partial charge in [-0.1, -0.05) is 19.8 Å². The maximum atomic E-state index is 9.99. The highest BCUT2D eigenvalue weighted by Crippen LogP contribution is 1.89. The van der Waals surface area contributed by atoms with E-state index in [1.54, 1.807) is 0 Å². The van der Waals surface area contributed by atoms with Crippen molar-refractivity contribution in [1.82, 2.24) is 10.9 Å². The van der Waals surface area contributed by atoms with Crippen LogP contribution in [0, 0.1) is 0 Å². The maximum absolute atomic E-state index is 9.99. The topological polar surface area (TPSA) is 61.4 Å². The molecule has 0 saturated carbocycles. The van der Waals surface area contributed by atoms with Crippen LogP contribution in [0.25, 0.3) is 0 Å². The number of rotatable bonds is 7. The maximum Gasteiger partial charge on any atom is 0.318 e. The Hall–Kier alpha value is -0.610. The predicted octanol–water partition coefficient (Wildman–Crippen LogP) is 0.355. The summed E-state index contributed by atoms with van der Waals surface area (Å²) in [6, 6.07) is 0. The fourth-order valence-corrected chi connectivity index (χ4v) is 0.690. The number of carboxylic acid groups (broad SMARTS) is 1. The molecular weight excluding hydrogens is 144 g/mol. The second kappa shape index (κ2) is 7.50. The van der Waals surface area contributed by atoms with E-state index in [0.29, 0.717) is 0 Å². The molecule has 0 unspecified atom stereocenters. The Labute approximate surface area is 67.0 Å². The zero-order valence-corrected chi connectivity index (χ0v) is 6.89. The zero-order valence-electron chi connectivity index (χ0n) is 6.89. The minimum absolute atomic E-state index is 0.0217. The average molecular weight is 160 g/mol. The van der Waals surface area contributed by atoms with Crippen molar-refractivity contribution in [2.24, 2.45) is 0 Å². The van der Waals surface area contributed by atoms with E-state index in [1.165, 1.54) is 12.8 Å². The molecule has 0 atom stereocenters. The third kappa shape index (κ3) is 9.39. The normalized spacial score (nSPS) is 9.91. The molecule has 0 heterocycles. The number of unbranched alkanes of at least 4 members (excludes halogenated alkanes) is 2. The molecule has 3 N–H and O–H groups in total. The van der Waals surface area contributed by atoms with Gasteiger partial charge in [0.2, 0.25) is 0 Å². The molecule has 0 fully saturated rings. The molecule has 0 aliphatic heterocycles. The minimum Gasteiger partial charge on any atom is -0.480 e. The van der Waals surface area contributed by atoms with Crippen LogP contribution in [0.4, 0.5) is 0 Å². The summed E-state index contributed by atoms with van der Waals surface area (Å²) in [6.45, 7) is 2.94. The first-order valence-corrected chi connectivity index (χ1v) is 3.95. The first kappa shape index (κ1) is 10.4. The van der Waals surface area contributed by atoms with Gasteiger partial charge in [0.25, 0.3) is 0 Å². The lowest BCUT2D eigenvalue weighted by Gasteiger charge is -2.02. The summed E-state index contributed by atoms with van der Waals surface area (Å²) in [7, 11) is 0. The van der Waals surface area contributed by atoms with Gasteiger partial charge in [0.05, 0.1) is 0 Å². The molecule has 0 aromatic carbocycles. The SMILES string of the molecule is CCCCCNNCC(=O)O. The van der Waals surface area contributed by atoms with Crippen LogP contribution in [0.3, 0.4) is 0 Å². The van der Waals surface area contributed by atoms with Crippen LogP contribution >= 0.6 is 0 Å². The van der Waals surface area contributed by atoms with Crippen LogP contribution in [-0.2, 0) is 4.79 Å². The van der Waals surface area contributed by atoms with E-state index in [2.05, 4.69) is 17.8 Å². The highest BCUT2D eigenvalue weighted by molar-refractivity contribution is 5.68. The molecular formula is C7H16N2O2. The van der Waals surface area contributed by atoms with Gasteiger partial charge in [-0.15, -0.1) is 0 Å². The highest BCUT2D eigenvalue weighted by Gasteiger charge is 1.92. The second-order valence-corrected chi connectivity index (χ2v) is 2.38. The van der Waals surface area contributed by atoms with Crippen molar-refractivity contribution >= 4 is 5.97 Å². The molecule has 4 nitrogen and oxygen atoms in total. The molecule has 0 aliphatic carbocycles. The van der Waals surface area contributed by atoms with Crippen LogP contribution in [0.2, 0.25) is 0 Å². The van der Waals surface area contributed by atoms with Gasteiger partial charge in [0, 0.05) is 6.54 Å². The summed E-state index contributed by atoms with van der Waals surface area (Å²) in [5.74, 6) is -0.840. The van der Waals surface area contributed by atoms with E-state index in [4.69, 9.17) is 5.11 Å². The average Bonchev–Trinajstić information content (AvgIpc) is 1.96. The molecule has 0 rings (SSSR count). The van der Waals surface area contributed by atoms with Crippen molar-refractivity contribution in [3.8, 4) is 0 Å². The van der Waals surface area contributed by atoms with Crippen LogP contribution in [0.5, 0.6) is 0 Å². The quantitative estimate of drug-likeness (QED) is 0.371. The van der Waals surface area contributed by atoms with Crippen LogP contribution in [-0.4, -0.2) is 24.2 Å². The van der Waals surface area contributed by atoms with Gasteiger partial charge in [-0.05, 0) is 6.42 Å². The standard InChI is InChI=1S/C7H16N2O2/c1-2-3-4-5-8-9-6-7(10)11/h8-9H,2-6H2,1H3,(H,10,11). The van der Waals surface area contributed by atoms with Crippen molar-refractivity contribution in [3.63, 3.8) is 0 Å². The van der Waals surface area contributed by atoms with E-state index >= 15 is 0 Å². The van der Waals surface area contributed by atoms with E-state index < -0.39 is 5.97 Å². The molecule has 66 valence electrons. The van der Waals surface area contributed by atoms with E-state index in [0.717, 1.165) is 13.0 Å². The van der Waals surface area contributed by atoms with Gasteiger partial charge >= 0.3 is 5.97 Å². The number of aliphatic carboxylic acids is 1. The number of hydrazine groups is 1. The number of carboxylic acids is 1. The van der Waals surface area contributed by atoms with Crippen LogP contribution < -0.4 is 10.9 Å². The van der Waals surface area contributed by atoms with E-state index in [9.17, 15) is 4.79 Å². The molecule has 0 aliphatic rings. The van der Waals surface area contributed by atoms with Gasteiger partial charge < -0.3 is 5.11 Å². The zero-order chi connectivity index (χ0) is 8.53. The Morgan fingerprint density at radius 2 is 2.09 bits per heavy atom. The molecule has 0 spiro atoms. The first-order chi connectivity index (χ1) is 5.27. The molecule has 4 heteroatoms. The van der Waals surface area contributed by atoms with E-state index in [-0.39, 0.29) is 6.54 Å². The summed E-state index contributed by atoms with van der Waals surface area (Å²) < 4.78 is 0. The Balaban J connectivity index is 2.85. The van der Waals surface area contributed by atoms with Crippen molar-refractivity contribution in [3.05, 3.63) is 0 Å². The predicted molar refractivity (Wildman–Crippen MR) is 43.2 cm³/mol. The molecule has 0 bridgehead atoms. The molecule has 0 saturated heterocycles. The van der Waals surface area contributed by atoms with Crippen molar-refractivity contribution in [1.29, 1.82) is 0 Å². The fraction of sp³-hybridized carbons (Fsp3) is 0.857. The van der Waals surface area contributed by atoms with Crippen molar-refractivity contribution in [2.45, 2.75) is 26.2 Å². The van der Waals surface area contributed by atoms with Gasteiger partial charge in [0.15, 0.2) is 0 Å². The molecule has 0 amide bonds. The molecule has 0 aromatic rings. The molecule has 0 aromatic heterocycles. The monoisotopic (exact) mass is 160 g/mol. The first-order valence-electron chi connectivity index (χ1n) is 3.95. The van der Waals surface area contributed by atoms with Gasteiger partial charge in [-0.3, -0.25) is 10.2 Å². The van der Waals surface area contributed by atoms with Crippen LogP contribution in [0.1, 0.15) is 26.2 Å². The molecule has 0 radical (unpaired) electrons. The van der Waals surface area contributed by atoms with Gasteiger partial charge in [0.1, 0.15) is 6.54 Å². The van der Waals surface area contributed by atoms with Crippen molar-refractivity contribution < 1.29 is 9.90 Å². The lowest BCUT2D eigenvalue weighted by Crippen LogP contribution is -2.36. The third-order valence-electron chi connectivity index (χ3n) is 1.27. The number of hydrogen-bond acceptors (Lipinski definition) is 3. The lowest BCUT2D eigenvalue weighted by atomic mass is 10.2. The van der Waals surface area contributed by atoms with Crippen LogP contribution in [0.15, 0.2) is 0 Å². The minimum atomic E-state index is -0.840. The summed E-state index contributed by atoms with van der Waals surface area (Å²) in [4.78, 5) is 9.99. The van der Waals surface area contributed by atoms with Gasteiger partial charge in [-0.25, -0.2) is 5.43 Å². The molecule has 11 heavy (non-hydrogen) atoms. The number of hydrogen-bond donors (Lipinski definition) is 3. The summed E-state index contributed by atoms with van der Waals surface area (Å²) in [5, 5.41) is 8.21. The Bertz CT molecular complexity index is 107. The van der Waals surface area contributed by atoms with Gasteiger partial charge in [-0.2, -0.15) is 0 Å². The number of nitrogens with one attached hydrogen (secondary N) is 2. The Morgan fingerprint density at radius 3 is 2.64 bits per heavy atom. The fourth-order valence-electron chi connectivity index (χ4n) is 0.690. The Kier molecular flexibility index (Phi) is 7.08. The summed E-state index contributed by atoms with van der Waals surface area (Å²) in [5.41, 5.74) is 5.41. The van der Waals surface area contributed by atoms with Crippen molar-refractivity contribution in [2.75, 3.05) is 13.1 Å². The smallest absolute Gasteiger partial charge is 0.318 e. The third-order valence-corrected chi connectivity index (χ3v) is 1.27. The Morgan fingerprint density at radius 1 is 1.36 bits per heavy atom. The summed E-state index contributed by atoms with van der Waals surface area (Å²) >= 11 is 0. The largest absolute Gasteiger partial charge is 0.480 e. The second-order valence-electron chi connectivity index (χ2n) is 2.38. The summed E-state index contributed by atoms with van der Waals surface area (Å²) in [6.07, 6.45) is 3.45. The van der Waals surface area contributed by atoms with E-state index in [1.807, 2.05) is 0 Å². The lowest BCUT2D eigenvalue weighted by molar-refractivity contribution is -0.136.